The van der Waals surface area contributed by atoms with Crippen molar-refractivity contribution in [1.82, 2.24) is 19.7 Å². The molecule has 1 aromatic heterocycles. The molecular weight excluding hydrogens is 512 g/mol. The van der Waals surface area contributed by atoms with Crippen LogP contribution in [0.5, 0.6) is 0 Å². The van der Waals surface area contributed by atoms with Gasteiger partial charge in [-0.2, -0.15) is 0 Å². The van der Waals surface area contributed by atoms with Crippen molar-refractivity contribution in [2.45, 2.75) is 95.6 Å². The summed E-state index contributed by atoms with van der Waals surface area (Å²) in [5.41, 5.74) is 1.32. The molecule has 0 radical (unpaired) electrons. The fourth-order valence-corrected chi connectivity index (χ4v) is 8.13. The van der Waals surface area contributed by atoms with Gasteiger partial charge >= 0.3 is 6.09 Å². The van der Waals surface area contributed by atoms with Gasteiger partial charge in [-0.1, -0.05) is 57.2 Å². The molecule has 4 aliphatic rings. The molecule has 7 nitrogen and oxygen atoms in total. The van der Waals surface area contributed by atoms with Gasteiger partial charge in [-0.3, -0.25) is 14.7 Å². The van der Waals surface area contributed by atoms with Crippen molar-refractivity contribution in [3.63, 3.8) is 0 Å². The van der Waals surface area contributed by atoms with Crippen LogP contribution in [0.3, 0.4) is 0 Å². The molecule has 7 heteroatoms. The highest BCUT2D eigenvalue weighted by molar-refractivity contribution is 6.06. The minimum atomic E-state index is -0.301. The monoisotopic (exact) mass is 560 g/mol. The van der Waals surface area contributed by atoms with Crippen molar-refractivity contribution < 1.29 is 14.3 Å². The van der Waals surface area contributed by atoms with Crippen LogP contribution >= 0.6 is 0 Å². The summed E-state index contributed by atoms with van der Waals surface area (Å²) in [5.74, 6) is 1.19. The number of carbonyl (C=O) groups is 2. The van der Waals surface area contributed by atoms with E-state index in [-0.39, 0.29) is 17.6 Å². The van der Waals surface area contributed by atoms with Crippen LogP contribution in [-0.4, -0.2) is 82.6 Å². The SMILES string of the molecule is CCCCC1CN(CC2CCCCC2)C(=O)OC12CCN(C1CCN(C(=O)c3ccnc4ccccc34)CC1)CC2. The molecule has 0 N–H and O–H groups in total. The normalized spacial score (nSPS) is 24.6. The first-order valence-corrected chi connectivity index (χ1v) is 16.4. The summed E-state index contributed by atoms with van der Waals surface area (Å²) in [6.07, 6.45) is 15.5. The Bertz CT molecular complexity index is 1190. The van der Waals surface area contributed by atoms with Gasteiger partial charge in [0.05, 0.1) is 11.1 Å². The fraction of sp³-hybridized carbons (Fsp3) is 0.676. The van der Waals surface area contributed by atoms with Crippen LogP contribution < -0.4 is 0 Å². The molecule has 2 aromatic rings. The molecule has 3 saturated heterocycles. The standard InChI is InChI=1S/C34H48N4O3/c1-2-3-11-27-25-38(24-26-9-5-4-6-10-26)33(40)41-34(27)17-22-36(23-18-34)28-15-20-37(21-16-28)32(39)30-14-19-35-31-13-8-7-12-29(30)31/h7-8,12-14,19,26-28H,2-6,9-11,15-18,20-25H2,1H3. The third kappa shape index (κ3) is 6.11. The molecule has 41 heavy (non-hydrogen) atoms. The Morgan fingerprint density at radius 1 is 1.00 bits per heavy atom. The highest BCUT2D eigenvalue weighted by atomic mass is 16.6. The summed E-state index contributed by atoms with van der Waals surface area (Å²) in [6.45, 7) is 7.55. The van der Waals surface area contributed by atoms with E-state index >= 15 is 0 Å². The smallest absolute Gasteiger partial charge is 0.410 e. The van der Waals surface area contributed by atoms with Gasteiger partial charge in [0, 0.05) is 75.7 Å². The van der Waals surface area contributed by atoms with Crippen LogP contribution in [0.2, 0.25) is 0 Å². The number of rotatable bonds is 7. The predicted octanol–water partition coefficient (Wildman–Crippen LogP) is 6.51. The van der Waals surface area contributed by atoms with E-state index in [1.54, 1.807) is 6.20 Å². The molecular formula is C34H48N4O3. The number of unbranched alkanes of at least 4 members (excludes halogenated alkanes) is 1. The van der Waals surface area contributed by atoms with Crippen molar-refractivity contribution >= 4 is 22.9 Å². The maximum atomic E-state index is 13.4. The lowest BCUT2D eigenvalue weighted by molar-refractivity contribution is -0.127. The first kappa shape index (κ1) is 28.4. The molecule has 1 aliphatic carbocycles. The maximum absolute atomic E-state index is 13.4. The highest BCUT2D eigenvalue weighted by Gasteiger charge is 2.50. The maximum Gasteiger partial charge on any atom is 0.410 e. The quantitative estimate of drug-likeness (QED) is 0.386. The summed E-state index contributed by atoms with van der Waals surface area (Å²) in [7, 11) is 0. The number of ether oxygens (including phenoxy) is 1. The van der Waals surface area contributed by atoms with Gasteiger partial charge in [-0.05, 0) is 50.2 Å². The van der Waals surface area contributed by atoms with Crippen LogP contribution in [0.15, 0.2) is 36.5 Å². The number of piperidine rings is 2. The zero-order valence-corrected chi connectivity index (χ0v) is 24.9. The fourth-order valence-electron chi connectivity index (χ4n) is 8.13. The lowest BCUT2D eigenvalue weighted by atomic mass is 9.75. The summed E-state index contributed by atoms with van der Waals surface area (Å²) < 4.78 is 6.45. The third-order valence-electron chi connectivity index (χ3n) is 10.6. The molecule has 4 heterocycles. The first-order chi connectivity index (χ1) is 20.1. The summed E-state index contributed by atoms with van der Waals surface area (Å²) in [4.78, 5) is 37.9. The number of carbonyl (C=O) groups excluding carboxylic acids is 2. The van der Waals surface area contributed by atoms with Crippen molar-refractivity contribution in [2.75, 3.05) is 39.3 Å². The molecule has 3 aliphatic heterocycles. The number of benzene rings is 1. The van der Waals surface area contributed by atoms with Gasteiger partial charge in [0.1, 0.15) is 5.60 Å². The number of aromatic nitrogens is 1. The van der Waals surface area contributed by atoms with Gasteiger partial charge in [-0.15, -0.1) is 0 Å². The summed E-state index contributed by atoms with van der Waals surface area (Å²) in [5, 5.41) is 0.931. The number of hydrogen-bond acceptors (Lipinski definition) is 5. The molecule has 222 valence electrons. The lowest BCUT2D eigenvalue weighted by Crippen LogP contribution is -2.61. The van der Waals surface area contributed by atoms with E-state index in [1.165, 1.54) is 44.9 Å². The van der Waals surface area contributed by atoms with Crippen molar-refractivity contribution in [2.24, 2.45) is 11.8 Å². The Morgan fingerprint density at radius 3 is 2.51 bits per heavy atom. The predicted molar refractivity (Wildman–Crippen MR) is 162 cm³/mol. The second-order valence-electron chi connectivity index (χ2n) is 13.1. The van der Waals surface area contributed by atoms with Crippen molar-refractivity contribution in [1.29, 1.82) is 0 Å². The van der Waals surface area contributed by atoms with Crippen molar-refractivity contribution in [3.8, 4) is 0 Å². The number of hydrogen-bond donors (Lipinski definition) is 0. The average Bonchev–Trinajstić information content (AvgIpc) is 3.02. The van der Waals surface area contributed by atoms with Gasteiger partial charge in [0.15, 0.2) is 0 Å². The third-order valence-corrected chi connectivity index (χ3v) is 10.6. The number of pyridine rings is 1. The van der Waals surface area contributed by atoms with Crippen LogP contribution in [0.25, 0.3) is 10.9 Å². The second-order valence-corrected chi connectivity index (χ2v) is 13.1. The van der Waals surface area contributed by atoms with E-state index in [0.717, 1.165) is 87.8 Å². The Morgan fingerprint density at radius 2 is 1.76 bits per heavy atom. The molecule has 6 rings (SSSR count). The molecule has 2 amide bonds. The summed E-state index contributed by atoms with van der Waals surface area (Å²) >= 11 is 0. The minimum Gasteiger partial charge on any atom is -0.442 e. The molecule has 1 atom stereocenters. The van der Waals surface area contributed by atoms with Crippen LogP contribution in [0, 0.1) is 11.8 Å². The number of nitrogens with zero attached hydrogens (tertiary/aromatic N) is 4. The van der Waals surface area contributed by atoms with E-state index < -0.39 is 0 Å². The summed E-state index contributed by atoms with van der Waals surface area (Å²) in [6, 6.07) is 10.2. The van der Waals surface area contributed by atoms with Gasteiger partial charge in [-0.25, -0.2) is 4.79 Å². The Kier molecular flexibility index (Phi) is 8.80. The van der Waals surface area contributed by atoms with Crippen LogP contribution in [0.4, 0.5) is 4.79 Å². The average molecular weight is 561 g/mol. The largest absolute Gasteiger partial charge is 0.442 e. The Hall–Kier alpha value is -2.67. The minimum absolute atomic E-state index is 0.0628. The van der Waals surface area contributed by atoms with Crippen LogP contribution in [0.1, 0.15) is 94.3 Å². The molecule has 1 spiro atoms. The topological polar surface area (TPSA) is 66.0 Å². The Balaban J connectivity index is 1.04. The molecule has 1 unspecified atom stereocenters. The first-order valence-electron chi connectivity index (χ1n) is 16.4. The molecule has 1 aromatic carbocycles. The van der Waals surface area contributed by atoms with E-state index in [0.29, 0.717) is 17.9 Å². The highest BCUT2D eigenvalue weighted by Crippen LogP contribution is 2.42. The number of likely N-dealkylation sites (tertiary alicyclic amines) is 2. The molecule has 1 saturated carbocycles. The van der Waals surface area contributed by atoms with Gasteiger partial charge < -0.3 is 14.5 Å². The van der Waals surface area contributed by atoms with E-state index in [1.807, 2.05) is 35.2 Å². The molecule has 0 bridgehead atoms. The number of para-hydroxylation sites is 1. The van der Waals surface area contributed by atoms with E-state index in [4.69, 9.17) is 4.74 Å². The number of fused-ring (bicyclic) bond motifs is 1. The molecule has 4 fully saturated rings. The van der Waals surface area contributed by atoms with E-state index in [2.05, 4.69) is 21.7 Å². The van der Waals surface area contributed by atoms with Crippen LogP contribution in [-0.2, 0) is 4.74 Å². The van der Waals surface area contributed by atoms with E-state index in [9.17, 15) is 9.59 Å². The lowest BCUT2D eigenvalue weighted by Gasteiger charge is -2.52. The second kappa shape index (κ2) is 12.7. The Labute approximate surface area is 245 Å². The zero-order valence-electron chi connectivity index (χ0n) is 24.9. The van der Waals surface area contributed by atoms with Gasteiger partial charge in [0.2, 0.25) is 0 Å². The zero-order chi connectivity index (χ0) is 28.2. The van der Waals surface area contributed by atoms with Crippen molar-refractivity contribution in [3.05, 3.63) is 42.1 Å². The number of amides is 2. The van der Waals surface area contributed by atoms with Gasteiger partial charge in [0.25, 0.3) is 5.91 Å².